The second-order valence-corrected chi connectivity index (χ2v) is 10.2. The summed E-state index contributed by atoms with van der Waals surface area (Å²) < 4.78 is 17.4. The first kappa shape index (κ1) is 25.0. The molecule has 1 unspecified atom stereocenters. The number of amides is 1. The van der Waals surface area contributed by atoms with E-state index in [0.717, 1.165) is 52.9 Å². The minimum Gasteiger partial charge on any atom is -0.497 e. The number of nitrogens with zero attached hydrogens (tertiary/aromatic N) is 1. The van der Waals surface area contributed by atoms with Crippen molar-refractivity contribution < 1.29 is 23.8 Å². The smallest absolute Gasteiger partial charge is 0.313 e. The van der Waals surface area contributed by atoms with Gasteiger partial charge in [0.25, 0.3) is 5.91 Å². The van der Waals surface area contributed by atoms with Crippen molar-refractivity contribution in [1.82, 2.24) is 10.3 Å². The molecule has 1 saturated carbocycles. The van der Waals surface area contributed by atoms with Crippen molar-refractivity contribution in [3.05, 3.63) is 53.0 Å². The van der Waals surface area contributed by atoms with Crippen LogP contribution in [0, 0.1) is 5.41 Å². The summed E-state index contributed by atoms with van der Waals surface area (Å²) in [6, 6.07) is 13.1. The van der Waals surface area contributed by atoms with E-state index in [0.29, 0.717) is 17.9 Å². The van der Waals surface area contributed by atoms with E-state index in [1.54, 1.807) is 37.7 Å². The highest BCUT2D eigenvalue weighted by atomic mass is 32.1. The summed E-state index contributed by atoms with van der Waals surface area (Å²) in [5.41, 5.74) is 1.10. The Hall–Kier alpha value is -3.13. The third kappa shape index (κ3) is 5.75. The predicted molar refractivity (Wildman–Crippen MR) is 136 cm³/mol. The molecule has 3 aromatic rings. The Morgan fingerprint density at radius 3 is 2.57 bits per heavy atom. The summed E-state index contributed by atoms with van der Waals surface area (Å²) in [7, 11) is 3.17. The van der Waals surface area contributed by atoms with Gasteiger partial charge in [0.2, 0.25) is 0 Å². The van der Waals surface area contributed by atoms with Gasteiger partial charge in [0, 0.05) is 12.0 Å². The van der Waals surface area contributed by atoms with Crippen LogP contribution in [0.1, 0.15) is 55.6 Å². The van der Waals surface area contributed by atoms with Gasteiger partial charge in [0.05, 0.1) is 40.9 Å². The van der Waals surface area contributed by atoms with Crippen LogP contribution in [0.5, 0.6) is 11.5 Å². The molecular weight excluding hydrogens is 464 g/mol. The second kappa shape index (κ2) is 11.1. The highest BCUT2D eigenvalue weighted by molar-refractivity contribution is 7.18. The molecule has 1 aliphatic rings. The Kier molecular flexibility index (Phi) is 7.90. The SMILES string of the molecule is COc1ccc(OC)c(C(C)NC(=O)COC(=O)C2(Cc3nc4ccccc4s3)CCCCC2)c1. The third-order valence-corrected chi connectivity index (χ3v) is 7.72. The molecule has 2 aromatic carbocycles. The number of hydrogen-bond acceptors (Lipinski definition) is 7. The Labute approximate surface area is 209 Å². The number of carbonyl (C=O) groups excluding carboxylic acids is 2. The first-order chi connectivity index (χ1) is 16.9. The highest BCUT2D eigenvalue weighted by Gasteiger charge is 2.42. The molecule has 1 heterocycles. The van der Waals surface area contributed by atoms with E-state index in [-0.39, 0.29) is 24.5 Å². The first-order valence-electron chi connectivity index (χ1n) is 12.0. The number of aromatic nitrogens is 1. The fourth-order valence-corrected chi connectivity index (χ4v) is 5.90. The minimum atomic E-state index is -0.631. The Bertz CT molecular complexity index is 1150. The van der Waals surface area contributed by atoms with Crippen LogP contribution in [0.25, 0.3) is 10.2 Å². The molecule has 1 aromatic heterocycles. The van der Waals surface area contributed by atoms with Crippen molar-refractivity contribution in [3.8, 4) is 11.5 Å². The maximum atomic E-state index is 13.3. The average Bonchev–Trinajstić information content (AvgIpc) is 3.29. The molecular formula is C27H32N2O5S. The predicted octanol–water partition coefficient (Wildman–Crippen LogP) is 5.23. The molecule has 1 N–H and O–H groups in total. The van der Waals surface area contributed by atoms with Crippen LogP contribution in [-0.4, -0.2) is 37.7 Å². The van der Waals surface area contributed by atoms with Crippen molar-refractivity contribution in [2.45, 2.75) is 51.5 Å². The van der Waals surface area contributed by atoms with Crippen LogP contribution in [0.2, 0.25) is 0 Å². The highest BCUT2D eigenvalue weighted by Crippen LogP contribution is 2.41. The van der Waals surface area contributed by atoms with Crippen LogP contribution < -0.4 is 14.8 Å². The Morgan fingerprint density at radius 1 is 1.09 bits per heavy atom. The molecule has 0 bridgehead atoms. The second-order valence-electron chi connectivity index (χ2n) is 9.07. The summed E-state index contributed by atoms with van der Waals surface area (Å²) in [6.07, 6.45) is 5.10. The lowest BCUT2D eigenvalue weighted by molar-refractivity contribution is -0.161. The van der Waals surface area contributed by atoms with Gasteiger partial charge in [-0.25, -0.2) is 4.98 Å². The maximum absolute atomic E-state index is 13.3. The van der Waals surface area contributed by atoms with E-state index in [1.807, 2.05) is 37.3 Å². The molecule has 7 nitrogen and oxygen atoms in total. The van der Waals surface area contributed by atoms with Crippen LogP contribution in [0.15, 0.2) is 42.5 Å². The summed E-state index contributed by atoms with van der Waals surface area (Å²) in [5.74, 6) is 0.648. The normalized spacial score (nSPS) is 15.9. The van der Waals surface area contributed by atoms with Gasteiger partial charge in [-0.1, -0.05) is 31.4 Å². The number of hydrogen-bond donors (Lipinski definition) is 1. The van der Waals surface area contributed by atoms with Crippen molar-refractivity contribution >= 4 is 33.4 Å². The fourth-order valence-electron chi connectivity index (χ4n) is 4.79. The van der Waals surface area contributed by atoms with Gasteiger partial charge in [0.15, 0.2) is 6.61 Å². The summed E-state index contributed by atoms with van der Waals surface area (Å²) in [4.78, 5) is 30.7. The van der Waals surface area contributed by atoms with E-state index < -0.39 is 5.41 Å². The number of para-hydroxylation sites is 1. The van der Waals surface area contributed by atoms with E-state index >= 15 is 0 Å². The first-order valence-corrected chi connectivity index (χ1v) is 12.8. The fraction of sp³-hybridized carbons (Fsp3) is 0.444. The van der Waals surface area contributed by atoms with Crippen LogP contribution in [-0.2, 0) is 20.7 Å². The van der Waals surface area contributed by atoms with Crippen molar-refractivity contribution in [2.24, 2.45) is 5.41 Å². The topological polar surface area (TPSA) is 86.8 Å². The van der Waals surface area contributed by atoms with Crippen LogP contribution >= 0.6 is 11.3 Å². The molecule has 1 fully saturated rings. The molecule has 1 atom stereocenters. The lowest BCUT2D eigenvalue weighted by atomic mass is 9.72. The summed E-state index contributed by atoms with van der Waals surface area (Å²) in [6.45, 7) is 1.53. The zero-order chi connectivity index (χ0) is 24.8. The van der Waals surface area contributed by atoms with E-state index in [1.165, 1.54) is 0 Å². The van der Waals surface area contributed by atoms with Gasteiger partial charge in [-0.2, -0.15) is 0 Å². The summed E-state index contributed by atoms with van der Waals surface area (Å²) in [5, 5.41) is 3.84. The molecule has 4 rings (SSSR count). The average molecular weight is 497 g/mol. The monoisotopic (exact) mass is 496 g/mol. The number of methoxy groups -OCH3 is 2. The third-order valence-electron chi connectivity index (χ3n) is 6.69. The number of ether oxygens (including phenoxy) is 3. The zero-order valence-electron chi connectivity index (χ0n) is 20.5. The largest absolute Gasteiger partial charge is 0.497 e. The van der Waals surface area contributed by atoms with E-state index in [2.05, 4.69) is 5.32 Å². The number of thiazole rings is 1. The molecule has 1 aliphatic carbocycles. The van der Waals surface area contributed by atoms with Gasteiger partial charge >= 0.3 is 5.97 Å². The number of carbonyl (C=O) groups is 2. The zero-order valence-corrected chi connectivity index (χ0v) is 21.3. The molecule has 8 heteroatoms. The lowest BCUT2D eigenvalue weighted by Crippen LogP contribution is -2.39. The summed E-state index contributed by atoms with van der Waals surface area (Å²) >= 11 is 1.62. The van der Waals surface area contributed by atoms with Crippen molar-refractivity contribution in [1.29, 1.82) is 0 Å². The van der Waals surface area contributed by atoms with Crippen molar-refractivity contribution in [2.75, 3.05) is 20.8 Å². The standard InChI is InChI=1S/C27H32N2O5S/c1-18(20-15-19(32-2)11-12-22(20)33-3)28-24(30)17-34-26(31)27(13-7-4-8-14-27)16-25-29-21-9-5-6-10-23(21)35-25/h5-6,9-12,15,18H,4,7-8,13-14,16-17H2,1-3H3,(H,28,30). The van der Waals surface area contributed by atoms with Gasteiger partial charge in [-0.15, -0.1) is 11.3 Å². The Morgan fingerprint density at radius 2 is 1.86 bits per heavy atom. The van der Waals surface area contributed by atoms with Crippen LogP contribution in [0.3, 0.4) is 0 Å². The molecule has 0 spiro atoms. The molecule has 186 valence electrons. The number of benzene rings is 2. The number of fused-ring (bicyclic) bond motifs is 1. The van der Waals surface area contributed by atoms with Gasteiger partial charge in [-0.05, 0) is 50.1 Å². The van der Waals surface area contributed by atoms with Gasteiger partial charge < -0.3 is 19.5 Å². The molecule has 0 radical (unpaired) electrons. The van der Waals surface area contributed by atoms with Gasteiger partial charge in [0.1, 0.15) is 11.5 Å². The maximum Gasteiger partial charge on any atom is 0.313 e. The van der Waals surface area contributed by atoms with E-state index in [4.69, 9.17) is 19.2 Å². The number of rotatable bonds is 9. The molecule has 1 amide bonds. The van der Waals surface area contributed by atoms with E-state index in [9.17, 15) is 9.59 Å². The quantitative estimate of drug-likeness (QED) is 0.409. The number of esters is 1. The molecule has 0 saturated heterocycles. The van der Waals surface area contributed by atoms with Gasteiger partial charge in [-0.3, -0.25) is 9.59 Å². The molecule has 0 aliphatic heterocycles. The number of nitrogens with one attached hydrogen (secondary N) is 1. The Balaban J connectivity index is 1.41. The molecule has 35 heavy (non-hydrogen) atoms. The lowest BCUT2D eigenvalue weighted by Gasteiger charge is -2.34. The minimum absolute atomic E-state index is 0.307. The van der Waals surface area contributed by atoms with Crippen molar-refractivity contribution in [3.63, 3.8) is 0 Å². The van der Waals surface area contributed by atoms with Crippen LogP contribution in [0.4, 0.5) is 0 Å².